The van der Waals surface area contributed by atoms with Gasteiger partial charge in [0.05, 0.1) is 5.92 Å². The second-order valence-corrected chi connectivity index (χ2v) is 7.39. The lowest BCUT2D eigenvalue weighted by Crippen LogP contribution is -2.41. The molecular weight excluding hydrogens is 384 g/mol. The number of aliphatic carboxylic acids is 1. The Kier molecular flexibility index (Phi) is 6.00. The third kappa shape index (κ3) is 4.34. The van der Waals surface area contributed by atoms with Gasteiger partial charge in [0.15, 0.2) is 0 Å². The first-order valence-corrected chi connectivity index (χ1v) is 9.23. The van der Waals surface area contributed by atoms with Crippen LogP contribution in [-0.2, 0) is 4.79 Å². The summed E-state index contributed by atoms with van der Waals surface area (Å²) in [6.07, 6.45) is 3.26. The van der Waals surface area contributed by atoms with Crippen molar-refractivity contribution in [3.63, 3.8) is 0 Å². The maximum absolute atomic E-state index is 12.8. The first-order valence-electron chi connectivity index (χ1n) is 9.23. The number of hydrogen-bond donors (Lipinski definition) is 2. The number of halogens is 1. The second-order valence-electron chi connectivity index (χ2n) is 7.39. The van der Waals surface area contributed by atoms with Crippen LogP contribution >= 0.6 is 12.4 Å². The van der Waals surface area contributed by atoms with Gasteiger partial charge in [0.2, 0.25) is 11.7 Å². The highest BCUT2D eigenvalue weighted by atomic mass is 35.5. The number of hydrogen-bond acceptors (Lipinski definition) is 6. The van der Waals surface area contributed by atoms with Gasteiger partial charge in [-0.05, 0) is 37.8 Å². The van der Waals surface area contributed by atoms with Gasteiger partial charge in [-0.25, -0.2) is 0 Å². The molecule has 28 heavy (non-hydrogen) atoms. The molecular formula is C19H23ClN4O4. The molecule has 2 heterocycles. The van der Waals surface area contributed by atoms with Crippen molar-refractivity contribution in [1.29, 1.82) is 0 Å². The summed E-state index contributed by atoms with van der Waals surface area (Å²) in [6, 6.07) is 6.76. The summed E-state index contributed by atoms with van der Waals surface area (Å²) < 4.78 is 5.27. The van der Waals surface area contributed by atoms with Crippen LogP contribution in [0.5, 0.6) is 0 Å². The van der Waals surface area contributed by atoms with Crippen LogP contribution in [0.2, 0.25) is 0 Å². The van der Waals surface area contributed by atoms with Crippen LogP contribution in [0, 0.1) is 5.92 Å². The summed E-state index contributed by atoms with van der Waals surface area (Å²) >= 11 is 0. The molecule has 150 valence electrons. The van der Waals surface area contributed by atoms with E-state index in [0.717, 1.165) is 18.4 Å². The predicted molar refractivity (Wildman–Crippen MR) is 103 cm³/mol. The Bertz CT molecular complexity index is 850. The third-order valence-electron chi connectivity index (χ3n) is 5.18. The summed E-state index contributed by atoms with van der Waals surface area (Å²) in [4.78, 5) is 30.2. The van der Waals surface area contributed by atoms with Crippen molar-refractivity contribution in [2.75, 3.05) is 13.1 Å². The zero-order valence-electron chi connectivity index (χ0n) is 15.3. The highest BCUT2D eigenvalue weighted by Gasteiger charge is 2.31. The molecule has 4 rings (SSSR count). The molecule has 0 radical (unpaired) electrons. The number of nitrogens with zero attached hydrogens (tertiary/aromatic N) is 3. The number of benzene rings is 1. The summed E-state index contributed by atoms with van der Waals surface area (Å²) in [5, 5.41) is 13.3. The van der Waals surface area contributed by atoms with E-state index in [9.17, 15) is 14.7 Å². The quantitative estimate of drug-likeness (QED) is 0.798. The number of carboxylic acids is 1. The van der Waals surface area contributed by atoms with E-state index in [0.29, 0.717) is 42.6 Å². The minimum Gasteiger partial charge on any atom is -0.481 e. The van der Waals surface area contributed by atoms with Crippen molar-refractivity contribution in [2.45, 2.75) is 37.6 Å². The van der Waals surface area contributed by atoms with E-state index in [2.05, 4.69) is 10.1 Å². The van der Waals surface area contributed by atoms with Crippen molar-refractivity contribution in [3.05, 3.63) is 35.7 Å². The van der Waals surface area contributed by atoms with Gasteiger partial charge in [0.1, 0.15) is 0 Å². The van der Waals surface area contributed by atoms with E-state index in [1.807, 2.05) is 0 Å². The first kappa shape index (κ1) is 20.3. The maximum atomic E-state index is 12.8. The Hall–Kier alpha value is -2.45. The van der Waals surface area contributed by atoms with Crippen LogP contribution in [0.1, 0.15) is 47.8 Å². The average molecular weight is 407 g/mol. The van der Waals surface area contributed by atoms with Crippen LogP contribution in [-0.4, -0.2) is 51.2 Å². The smallest absolute Gasteiger partial charge is 0.308 e. The standard InChI is InChI=1S/C19H22N4O4.ClH/c20-15-8-7-14(19(25)26)9-23(10-15)18(24)13-5-1-11(2-6-13)16-21-17(27-22-16)12-3-4-12;/h1-2,5-6,12,14-15H,3-4,7-10,20H2,(H,25,26);1H/t14-,15+;/m0./s1. The molecule has 1 aliphatic carbocycles. The number of likely N-dealkylation sites (tertiary alicyclic amines) is 1. The normalized spacial score (nSPS) is 22.2. The van der Waals surface area contributed by atoms with Crippen molar-refractivity contribution >= 4 is 24.3 Å². The lowest BCUT2D eigenvalue weighted by molar-refractivity contribution is -0.142. The van der Waals surface area contributed by atoms with Crippen LogP contribution in [0.25, 0.3) is 11.4 Å². The van der Waals surface area contributed by atoms with E-state index in [1.54, 1.807) is 29.2 Å². The van der Waals surface area contributed by atoms with Crippen molar-refractivity contribution < 1.29 is 19.2 Å². The van der Waals surface area contributed by atoms with E-state index in [1.165, 1.54) is 0 Å². The molecule has 0 spiro atoms. The van der Waals surface area contributed by atoms with E-state index in [4.69, 9.17) is 10.3 Å². The van der Waals surface area contributed by atoms with Crippen LogP contribution in [0.3, 0.4) is 0 Å². The number of carboxylic acid groups (broad SMARTS) is 1. The fraction of sp³-hybridized carbons (Fsp3) is 0.474. The Morgan fingerprint density at radius 1 is 1.11 bits per heavy atom. The monoisotopic (exact) mass is 406 g/mol. The number of carbonyl (C=O) groups is 2. The lowest BCUT2D eigenvalue weighted by atomic mass is 10.0. The van der Waals surface area contributed by atoms with Gasteiger partial charge in [-0.3, -0.25) is 9.59 Å². The van der Waals surface area contributed by atoms with Crippen molar-refractivity contribution in [2.24, 2.45) is 11.7 Å². The molecule has 3 N–H and O–H groups in total. The Labute approximate surface area is 168 Å². The van der Waals surface area contributed by atoms with Gasteiger partial charge in [-0.2, -0.15) is 4.98 Å². The predicted octanol–water partition coefficient (Wildman–Crippen LogP) is 2.30. The maximum Gasteiger partial charge on any atom is 0.308 e. The zero-order valence-corrected chi connectivity index (χ0v) is 16.1. The molecule has 1 amide bonds. The topological polar surface area (TPSA) is 123 Å². The van der Waals surface area contributed by atoms with Gasteiger partial charge in [-0.1, -0.05) is 17.3 Å². The molecule has 1 aromatic carbocycles. The minimum atomic E-state index is -0.888. The van der Waals surface area contributed by atoms with Crippen molar-refractivity contribution in [3.8, 4) is 11.4 Å². The van der Waals surface area contributed by atoms with Crippen LogP contribution in [0.15, 0.2) is 28.8 Å². The number of amides is 1. The number of aromatic nitrogens is 2. The molecule has 8 nitrogen and oxygen atoms in total. The van der Waals surface area contributed by atoms with Gasteiger partial charge in [0.25, 0.3) is 5.91 Å². The van der Waals surface area contributed by atoms with Crippen LogP contribution in [0.4, 0.5) is 0 Å². The minimum absolute atomic E-state index is 0. The zero-order chi connectivity index (χ0) is 19.0. The molecule has 1 saturated carbocycles. The van der Waals surface area contributed by atoms with Gasteiger partial charge >= 0.3 is 5.97 Å². The Morgan fingerprint density at radius 2 is 1.82 bits per heavy atom. The third-order valence-corrected chi connectivity index (χ3v) is 5.18. The second kappa shape index (κ2) is 8.28. The lowest BCUT2D eigenvalue weighted by Gasteiger charge is -2.24. The summed E-state index contributed by atoms with van der Waals surface area (Å²) in [5.41, 5.74) is 7.29. The number of carbonyl (C=O) groups excluding carboxylic acids is 1. The summed E-state index contributed by atoms with van der Waals surface area (Å²) in [5.74, 6) is -0.108. The van der Waals surface area contributed by atoms with Crippen molar-refractivity contribution in [1.82, 2.24) is 15.0 Å². The molecule has 2 fully saturated rings. The molecule has 0 bridgehead atoms. The average Bonchev–Trinajstić information content (AvgIpc) is 3.43. The fourth-order valence-corrected chi connectivity index (χ4v) is 3.38. The van der Waals surface area contributed by atoms with Crippen LogP contribution < -0.4 is 5.73 Å². The number of nitrogens with two attached hydrogens (primary N) is 1. The molecule has 2 aromatic rings. The summed E-state index contributed by atoms with van der Waals surface area (Å²) in [6.45, 7) is 0.541. The number of rotatable bonds is 4. The molecule has 2 atom stereocenters. The first-order chi connectivity index (χ1) is 13.0. The van der Waals surface area contributed by atoms with E-state index < -0.39 is 11.9 Å². The molecule has 1 aliphatic heterocycles. The summed E-state index contributed by atoms with van der Waals surface area (Å²) in [7, 11) is 0. The highest BCUT2D eigenvalue weighted by molar-refractivity contribution is 5.95. The Balaban J connectivity index is 0.00000225. The molecule has 9 heteroatoms. The fourth-order valence-electron chi connectivity index (χ4n) is 3.38. The molecule has 1 saturated heterocycles. The van der Waals surface area contributed by atoms with Gasteiger partial charge < -0.3 is 20.3 Å². The van der Waals surface area contributed by atoms with Gasteiger partial charge in [-0.15, -0.1) is 12.4 Å². The Morgan fingerprint density at radius 3 is 2.46 bits per heavy atom. The van der Waals surface area contributed by atoms with Gasteiger partial charge in [0, 0.05) is 36.2 Å². The SMILES string of the molecule is Cl.N[C@@H]1CC[C@H](C(=O)O)CN(C(=O)c2ccc(-c3noc(C4CC4)n3)cc2)C1. The molecule has 2 aliphatic rings. The molecule has 1 aromatic heterocycles. The van der Waals surface area contributed by atoms with E-state index >= 15 is 0 Å². The highest BCUT2D eigenvalue weighted by Crippen LogP contribution is 2.39. The largest absolute Gasteiger partial charge is 0.481 e. The van der Waals surface area contributed by atoms with E-state index in [-0.39, 0.29) is 30.9 Å². The molecule has 0 unspecified atom stereocenters.